The van der Waals surface area contributed by atoms with Crippen molar-refractivity contribution in [1.82, 2.24) is 0 Å². The molecule has 0 fully saturated rings. The van der Waals surface area contributed by atoms with Crippen molar-refractivity contribution in [2.45, 2.75) is 25.7 Å². The number of ketones is 2. The van der Waals surface area contributed by atoms with Crippen LogP contribution in [-0.4, -0.2) is 23.8 Å². The molecule has 0 aliphatic carbocycles. The lowest BCUT2D eigenvalue weighted by Crippen LogP contribution is -2.47. The maximum absolute atomic E-state index is 13.4. The minimum atomic E-state index is -0.502. The maximum atomic E-state index is 13.4. The van der Waals surface area contributed by atoms with Gasteiger partial charge >= 0.3 is 0 Å². The Bertz CT molecular complexity index is 1140. The first kappa shape index (κ1) is 18.4. The second kappa shape index (κ2) is 7.30. The van der Waals surface area contributed by atoms with Crippen LogP contribution in [0.25, 0.3) is 0 Å². The molecule has 0 saturated heterocycles. The summed E-state index contributed by atoms with van der Waals surface area (Å²) in [5.41, 5.74) is 4.52. The zero-order valence-corrected chi connectivity index (χ0v) is 16.7. The van der Waals surface area contributed by atoms with Crippen molar-refractivity contribution in [3.8, 4) is 0 Å². The molecule has 2 atom stereocenters. The summed E-state index contributed by atoms with van der Waals surface area (Å²) in [6.45, 7) is 2.25. The van der Waals surface area contributed by atoms with E-state index in [0.717, 1.165) is 16.9 Å². The summed E-state index contributed by atoms with van der Waals surface area (Å²) in [5.74, 6) is 0.00689. The average molecular weight is 394 g/mol. The van der Waals surface area contributed by atoms with Gasteiger partial charge in [-0.1, -0.05) is 72.8 Å². The minimum absolute atomic E-state index is 0.000713. The van der Waals surface area contributed by atoms with Gasteiger partial charge in [-0.25, -0.2) is 0 Å². The lowest BCUT2D eigenvalue weighted by Gasteiger charge is -2.31. The highest BCUT2D eigenvalue weighted by atomic mass is 16.1. The number of anilines is 2. The van der Waals surface area contributed by atoms with E-state index in [1.165, 1.54) is 0 Å². The first-order chi connectivity index (χ1) is 14.6. The van der Waals surface area contributed by atoms with E-state index in [9.17, 15) is 9.59 Å². The lowest BCUT2D eigenvalue weighted by atomic mass is 10.0. The Hall–Kier alpha value is -3.66. The van der Waals surface area contributed by atoms with Gasteiger partial charge in [0.15, 0.2) is 11.6 Å². The molecular weight excluding hydrogens is 372 g/mol. The van der Waals surface area contributed by atoms with Gasteiger partial charge in [0, 0.05) is 17.7 Å². The quantitative estimate of drug-likeness (QED) is 0.592. The van der Waals surface area contributed by atoms with Crippen molar-refractivity contribution in [2.24, 2.45) is 0 Å². The number of benzene rings is 3. The number of nitrogens with zero attached hydrogens (tertiary/aromatic N) is 2. The van der Waals surface area contributed by atoms with Crippen LogP contribution >= 0.6 is 0 Å². The molecule has 4 heteroatoms. The Kier molecular flexibility index (Phi) is 4.47. The predicted molar refractivity (Wildman–Crippen MR) is 119 cm³/mol. The van der Waals surface area contributed by atoms with Gasteiger partial charge in [0.25, 0.3) is 0 Å². The monoisotopic (exact) mass is 394 g/mol. The van der Waals surface area contributed by atoms with Gasteiger partial charge in [0.1, 0.15) is 12.2 Å². The molecule has 2 heterocycles. The fourth-order valence-electron chi connectivity index (χ4n) is 4.52. The molecule has 0 spiro atoms. The summed E-state index contributed by atoms with van der Waals surface area (Å²) in [6.07, 6.45) is 1.58. The Labute approximate surface area is 176 Å². The van der Waals surface area contributed by atoms with Crippen LogP contribution in [0, 0.1) is 0 Å². The molecule has 3 aromatic carbocycles. The van der Waals surface area contributed by atoms with E-state index in [1.807, 2.05) is 72.8 Å². The van der Waals surface area contributed by atoms with E-state index in [4.69, 9.17) is 0 Å². The van der Waals surface area contributed by atoms with E-state index in [1.54, 1.807) is 6.92 Å². The molecule has 2 aliphatic heterocycles. The number of Topliss-reactive ketones (excluding diaryl/α,β-unsaturated/α-hetero) is 2. The van der Waals surface area contributed by atoms with Crippen LogP contribution in [0.3, 0.4) is 0 Å². The Morgan fingerprint density at radius 1 is 0.800 bits per heavy atom. The number of rotatable bonds is 5. The normalized spacial score (nSPS) is 19.3. The smallest absolute Gasteiger partial charge is 0.189 e. The van der Waals surface area contributed by atoms with Crippen LogP contribution in [0.15, 0.2) is 96.6 Å². The molecule has 3 aromatic rings. The van der Waals surface area contributed by atoms with Crippen LogP contribution in [0.2, 0.25) is 0 Å². The van der Waals surface area contributed by atoms with Crippen molar-refractivity contribution in [2.75, 3.05) is 9.80 Å². The van der Waals surface area contributed by atoms with Crippen LogP contribution in [0.4, 0.5) is 11.4 Å². The van der Waals surface area contributed by atoms with Gasteiger partial charge in [-0.05, 0) is 30.7 Å². The fourth-order valence-corrected chi connectivity index (χ4v) is 4.52. The van der Waals surface area contributed by atoms with Gasteiger partial charge in [0.05, 0.1) is 11.4 Å². The zero-order valence-electron chi connectivity index (χ0n) is 16.7. The molecule has 148 valence electrons. The van der Waals surface area contributed by atoms with E-state index in [-0.39, 0.29) is 17.7 Å². The Morgan fingerprint density at radius 3 is 2.07 bits per heavy atom. The molecule has 0 aromatic heterocycles. The zero-order chi connectivity index (χ0) is 20.7. The molecule has 0 amide bonds. The Balaban J connectivity index is 1.60. The molecular formula is C26H22N2O2. The summed E-state index contributed by atoms with van der Waals surface area (Å²) in [7, 11) is 0. The highest BCUT2D eigenvalue weighted by Crippen LogP contribution is 2.47. The summed E-state index contributed by atoms with van der Waals surface area (Å²) >= 11 is 0. The van der Waals surface area contributed by atoms with Crippen molar-refractivity contribution < 1.29 is 9.59 Å². The number of carbonyl (C=O) groups excluding carboxylic acids is 2. The fraction of sp³-hybridized carbons (Fsp3) is 0.154. The largest absolute Gasteiger partial charge is 0.341 e. The van der Waals surface area contributed by atoms with Gasteiger partial charge in [-0.15, -0.1) is 0 Å². The van der Waals surface area contributed by atoms with Gasteiger partial charge in [0.2, 0.25) is 0 Å². The van der Waals surface area contributed by atoms with E-state index in [0.29, 0.717) is 17.7 Å². The topological polar surface area (TPSA) is 40.6 Å². The predicted octanol–water partition coefficient (Wildman–Crippen LogP) is 4.62. The molecule has 2 unspecified atom stereocenters. The van der Waals surface area contributed by atoms with Crippen molar-refractivity contribution in [3.63, 3.8) is 0 Å². The third-order valence-electron chi connectivity index (χ3n) is 5.87. The number of carbonyl (C=O) groups is 2. The van der Waals surface area contributed by atoms with Crippen LogP contribution in [0.5, 0.6) is 0 Å². The van der Waals surface area contributed by atoms with Gasteiger partial charge in [-0.2, -0.15) is 0 Å². The minimum Gasteiger partial charge on any atom is -0.341 e. The lowest BCUT2D eigenvalue weighted by molar-refractivity contribution is -0.113. The second-order valence-electron chi connectivity index (χ2n) is 7.74. The molecule has 30 heavy (non-hydrogen) atoms. The molecule has 0 bridgehead atoms. The Morgan fingerprint density at radius 2 is 1.40 bits per heavy atom. The maximum Gasteiger partial charge on any atom is 0.189 e. The molecule has 0 radical (unpaired) electrons. The molecule has 4 nitrogen and oxygen atoms in total. The second-order valence-corrected chi connectivity index (χ2v) is 7.74. The highest BCUT2D eigenvalue weighted by molar-refractivity contribution is 6.09. The number of hydrogen-bond donors (Lipinski definition) is 0. The van der Waals surface area contributed by atoms with Gasteiger partial charge < -0.3 is 9.80 Å². The standard InChI is InChI=1S/C26H22N2O2/c1-18(29)21-16-24(25(30)20-12-6-3-7-13-20)28-23-15-9-8-14-22(23)27(26(21)28)17-19-10-4-2-5-11-19/h2-16,24,26H,17H2,1H3. The summed E-state index contributed by atoms with van der Waals surface area (Å²) in [6, 6.07) is 27.1. The van der Waals surface area contributed by atoms with Crippen LogP contribution in [-0.2, 0) is 11.3 Å². The summed E-state index contributed by atoms with van der Waals surface area (Å²) in [5, 5.41) is 0. The molecule has 0 saturated carbocycles. The first-order valence-electron chi connectivity index (χ1n) is 10.1. The van der Waals surface area contributed by atoms with Crippen molar-refractivity contribution in [3.05, 3.63) is 108 Å². The summed E-state index contributed by atoms with van der Waals surface area (Å²) < 4.78 is 0. The third kappa shape index (κ3) is 2.92. The van der Waals surface area contributed by atoms with Gasteiger partial charge in [-0.3, -0.25) is 9.59 Å². The van der Waals surface area contributed by atoms with E-state index in [2.05, 4.69) is 28.0 Å². The average Bonchev–Trinajstić information content (AvgIpc) is 3.32. The third-order valence-corrected chi connectivity index (χ3v) is 5.87. The number of fused-ring (bicyclic) bond motifs is 3. The van der Waals surface area contributed by atoms with Crippen LogP contribution < -0.4 is 9.80 Å². The highest BCUT2D eigenvalue weighted by Gasteiger charge is 2.48. The first-order valence-corrected chi connectivity index (χ1v) is 10.1. The number of hydrogen-bond acceptors (Lipinski definition) is 4. The van der Waals surface area contributed by atoms with Crippen LogP contribution in [0.1, 0.15) is 22.8 Å². The molecule has 0 N–H and O–H groups in total. The van der Waals surface area contributed by atoms with Crippen molar-refractivity contribution in [1.29, 1.82) is 0 Å². The number of para-hydroxylation sites is 2. The molecule has 5 rings (SSSR count). The summed E-state index contributed by atoms with van der Waals surface area (Å²) in [4.78, 5) is 30.4. The van der Waals surface area contributed by atoms with E-state index >= 15 is 0 Å². The molecule has 2 aliphatic rings. The van der Waals surface area contributed by atoms with Crippen molar-refractivity contribution >= 4 is 22.9 Å². The SMILES string of the molecule is CC(=O)C1=CC(C(=O)c2ccccc2)N2c3ccccc3N(Cc3ccccc3)C12. The van der Waals surface area contributed by atoms with E-state index < -0.39 is 6.04 Å².